The molecule has 20 heavy (non-hydrogen) atoms. The van der Waals surface area contributed by atoms with Gasteiger partial charge < -0.3 is 5.11 Å². The number of rotatable bonds is 3. The topological polar surface area (TPSA) is 20.2 Å². The first-order valence-electron chi connectivity index (χ1n) is 6.58. The van der Waals surface area contributed by atoms with Crippen molar-refractivity contribution in [3.05, 3.63) is 64.7 Å². The van der Waals surface area contributed by atoms with E-state index in [1.807, 2.05) is 23.9 Å². The highest BCUT2D eigenvalue weighted by Crippen LogP contribution is 2.26. The van der Waals surface area contributed by atoms with Crippen LogP contribution in [0.2, 0.25) is 0 Å². The number of aliphatic hydroxyl groups excluding tert-OH is 1. The molecular formula is C18H18OS. The average Bonchev–Trinajstić information content (AvgIpc) is 2.45. The number of benzene rings is 2. The van der Waals surface area contributed by atoms with E-state index in [2.05, 4.69) is 56.0 Å². The molecule has 0 unspecified atom stereocenters. The minimum absolute atomic E-state index is 0.0957. The van der Waals surface area contributed by atoms with Crippen LogP contribution in [0, 0.1) is 25.7 Å². The summed E-state index contributed by atoms with van der Waals surface area (Å²) >= 11 is 1.84. The fourth-order valence-corrected chi connectivity index (χ4v) is 2.96. The second-order valence-electron chi connectivity index (χ2n) is 4.72. The van der Waals surface area contributed by atoms with Crippen LogP contribution in [0.4, 0.5) is 0 Å². The molecule has 0 amide bonds. The van der Waals surface area contributed by atoms with E-state index in [9.17, 15) is 0 Å². The summed E-state index contributed by atoms with van der Waals surface area (Å²) in [7, 11) is 0. The number of aliphatic hydroxyl groups is 1. The van der Waals surface area contributed by atoms with Crippen LogP contribution < -0.4 is 0 Å². The molecule has 0 aliphatic rings. The molecule has 0 atom stereocenters. The number of aryl methyl sites for hydroxylation is 2. The molecule has 0 aliphatic heterocycles. The van der Waals surface area contributed by atoms with Gasteiger partial charge >= 0.3 is 0 Å². The van der Waals surface area contributed by atoms with Gasteiger partial charge in [-0.05, 0) is 43.2 Å². The molecule has 0 aromatic heterocycles. The fraction of sp³-hybridized carbons (Fsp3) is 0.222. The normalized spacial score (nSPS) is 9.95. The van der Waals surface area contributed by atoms with Gasteiger partial charge in [-0.15, -0.1) is 11.8 Å². The molecule has 2 heteroatoms. The van der Waals surface area contributed by atoms with E-state index < -0.39 is 0 Å². The molecule has 0 saturated heterocycles. The van der Waals surface area contributed by atoms with Crippen LogP contribution in [-0.4, -0.2) is 11.7 Å². The van der Waals surface area contributed by atoms with Crippen molar-refractivity contribution in [1.82, 2.24) is 0 Å². The van der Waals surface area contributed by atoms with Crippen LogP contribution in [-0.2, 0) is 5.75 Å². The Labute approximate surface area is 125 Å². The summed E-state index contributed by atoms with van der Waals surface area (Å²) in [6, 6.07) is 14.7. The van der Waals surface area contributed by atoms with Gasteiger partial charge in [0.15, 0.2) is 0 Å². The molecule has 1 N–H and O–H groups in total. The lowest BCUT2D eigenvalue weighted by Crippen LogP contribution is -1.86. The summed E-state index contributed by atoms with van der Waals surface area (Å²) in [6.45, 7) is 4.17. The second kappa shape index (κ2) is 7.19. The van der Waals surface area contributed by atoms with Crippen LogP contribution in [0.3, 0.4) is 0 Å². The van der Waals surface area contributed by atoms with Crippen LogP contribution in [0.15, 0.2) is 47.4 Å². The molecule has 2 aromatic carbocycles. The third-order valence-electron chi connectivity index (χ3n) is 2.96. The van der Waals surface area contributed by atoms with Gasteiger partial charge in [0.05, 0.1) is 0 Å². The highest BCUT2D eigenvalue weighted by Gasteiger charge is 2.01. The summed E-state index contributed by atoms with van der Waals surface area (Å²) in [6.07, 6.45) is 0. The van der Waals surface area contributed by atoms with Crippen molar-refractivity contribution in [3.8, 4) is 11.8 Å². The van der Waals surface area contributed by atoms with Gasteiger partial charge in [0, 0.05) is 16.2 Å². The van der Waals surface area contributed by atoms with Crippen LogP contribution in [0.1, 0.15) is 22.3 Å². The molecule has 0 bridgehead atoms. The first-order valence-corrected chi connectivity index (χ1v) is 7.56. The Morgan fingerprint density at radius 1 is 1.10 bits per heavy atom. The molecule has 102 valence electrons. The zero-order valence-electron chi connectivity index (χ0n) is 11.8. The van der Waals surface area contributed by atoms with Crippen molar-refractivity contribution in [2.24, 2.45) is 0 Å². The third kappa shape index (κ3) is 4.16. The monoisotopic (exact) mass is 282 g/mol. The minimum atomic E-state index is -0.0957. The molecule has 1 nitrogen and oxygen atoms in total. The molecular weight excluding hydrogens is 264 g/mol. The van der Waals surface area contributed by atoms with Crippen molar-refractivity contribution in [2.75, 3.05) is 6.61 Å². The summed E-state index contributed by atoms with van der Waals surface area (Å²) in [5.74, 6) is 6.55. The lowest BCUT2D eigenvalue weighted by atomic mass is 10.1. The largest absolute Gasteiger partial charge is 0.384 e. The van der Waals surface area contributed by atoms with Crippen LogP contribution in [0.5, 0.6) is 0 Å². The van der Waals surface area contributed by atoms with Crippen molar-refractivity contribution < 1.29 is 5.11 Å². The second-order valence-corrected chi connectivity index (χ2v) is 5.74. The molecule has 0 aliphatic carbocycles. The summed E-state index contributed by atoms with van der Waals surface area (Å²) in [5.41, 5.74) is 4.83. The molecule has 2 aromatic rings. The maximum Gasteiger partial charge on any atom is 0.104 e. The fourth-order valence-electron chi connectivity index (χ4n) is 2.00. The van der Waals surface area contributed by atoms with E-state index >= 15 is 0 Å². The van der Waals surface area contributed by atoms with Gasteiger partial charge in [-0.1, -0.05) is 41.7 Å². The molecule has 0 fully saturated rings. The van der Waals surface area contributed by atoms with Gasteiger partial charge in [0.25, 0.3) is 0 Å². The number of hydrogen-bond donors (Lipinski definition) is 1. The van der Waals surface area contributed by atoms with Crippen molar-refractivity contribution in [1.29, 1.82) is 0 Å². The highest BCUT2D eigenvalue weighted by atomic mass is 32.2. The van der Waals surface area contributed by atoms with E-state index in [1.165, 1.54) is 21.6 Å². The zero-order chi connectivity index (χ0) is 14.4. The summed E-state index contributed by atoms with van der Waals surface area (Å²) < 4.78 is 0. The smallest absolute Gasteiger partial charge is 0.104 e. The quantitative estimate of drug-likeness (QED) is 0.679. The molecule has 0 spiro atoms. The van der Waals surface area contributed by atoms with Crippen molar-refractivity contribution >= 4 is 11.8 Å². The molecule has 0 radical (unpaired) electrons. The standard InChI is InChI=1S/C18H18OS/c1-14-8-9-18(15(2)11-14)20-13-17-6-3-5-16(12-17)7-4-10-19/h3,5-6,8-9,11-12,19H,10,13H2,1-2H3. The van der Waals surface area contributed by atoms with Gasteiger partial charge in [-0.25, -0.2) is 0 Å². The summed E-state index contributed by atoms with van der Waals surface area (Å²) in [5, 5.41) is 8.72. The van der Waals surface area contributed by atoms with E-state index in [-0.39, 0.29) is 6.61 Å². The lowest BCUT2D eigenvalue weighted by Gasteiger charge is -2.07. The van der Waals surface area contributed by atoms with Gasteiger partial charge in [0.2, 0.25) is 0 Å². The Bertz CT molecular complexity index is 650. The molecule has 0 saturated carbocycles. The minimum Gasteiger partial charge on any atom is -0.384 e. The molecule has 2 rings (SSSR count). The Morgan fingerprint density at radius 2 is 1.95 bits per heavy atom. The van der Waals surface area contributed by atoms with E-state index in [1.54, 1.807) is 0 Å². The maximum absolute atomic E-state index is 8.72. The Kier molecular flexibility index (Phi) is 5.29. The predicted molar refractivity (Wildman–Crippen MR) is 85.9 cm³/mol. The average molecular weight is 282 g/mol. The third-order valence-corrected chi connectivity index (χ3v) is 4.21. The highest BCUT2D eigenvalue weighted by molar-refractivity contribution is 7.98. The Morgan fingerprint density at radius 3 is 2.70 bits per heavy atom. The Hall–Kier alpha value is -1.69. The maximum atomic E-state index is 8.72. The van der Waals surface area contributed by atoms with Gasteiger partial charge in [0.1, 0.15) is 6.61 Å². The zero-order valence-corrected chi connectivity index (χ0v) is 12.6. The van der Waals surface area contributed by atoms with Crippen LogP contribution in [0.25, 0.3) is 0 Å². The number of hydrogen-bond acceptors (Lipinski definition) is 2. The van der Waals surface area contributed by atoms with Crippen molar-refractivity contribution in [3.63, 3.8) is 0 Å². The Balaban J connectivity index is 2.07. The lowest BCUT2D eigenvalue weighted by molar-refractivity contribution is 0.350. The van der Waals surface area contributed by atoms with E-state index in [4.69, 9.17) is 5.11 Å². The van der Waals surface area contributed by atoms with Crippen molar-refractivity contribution in [2.45, 2.75) is 24.5 Å². The first kappa shape index (κ1) is 14.7. The van der Waals surface area contributed by atoms with Gasteiger partial charge in [-0.2, -0.15) is 0 Å². The van der Waals surface area contributed by atoms with Gasteiger partial charge in [-0.3, -0.25) is 0 Å². The summed E-state index contributed by atoms with van der Waals surface area (Å²) in [4.78, 5) is 1.32. The van der Waals surface area contributed by atoms with E-state index in [0.29, 0.717) is 0 Å². The first-order chi connectivity index (χ1) is 9.69. The predicted octanol–water partition coefficient (Wildman–Crippen LogP) is 3.94. The van der Waals surface area contributed by atoms with Crippen LogP contribution >= 0.6 is 11.8 Å². The van der Waals surface area contributed by atoms with E-state index in [0.717, 1.165) is 11.3 Å². The number of thioether (sulfide) groups is 1. The SMILES string of the molecule is Cc1ccc(SCc2cccc(C#CCO)c2)c(C)c1. The molecule has 0 heterocycles.